The summed E-state index contributed by atoms with van der Waals surface area (Å²) in [5.74, 6) is -0.500. The van der Waals surface area contributed by atoms with E-state index in [0.29, 0.717) is 45.7 Å². The highest BCUT2D eigenvalue weighted by Crippen LogP contribution is 2.47. The normalized spacial score (nSPS) is 34.5. The van der Waals surface area contributed by atoms with E-state index in [2.05, 4.69) is 88.6 Å². The van der Waals surface area contributed by atoms with Crippen molar-refractivity contribution in [3.63, 3.8) is 0 Å². The second kappa shape index (κ2) is 20.7. The van der Waals surface area contributed by atoms with E-state index in [0.717, 1.165) is 50.0 Å². The third-order valence-electron chi connectivity index (χ3n) is 11.0. The second-order valence-electron chi connectivity index (χ2n) is 18.4. The van der Waals surface area contributed by atoms with Crippen LogP contribution in [0.3, 0.4) is 0 Å². The zero-order valence-corrected chi connectivity index (χ0v) is 36.8. The summed E-state index contributed by atoms with van der Waals surface area (Å²) in [5, 5.41) is 5.71. The van der Waals surface area contributed by atoms with Crippen molar-refractivity contribution in [1.29, 1.82) is 0 Å². The fraction of sp³-hybridized carbons (Fsp3) is 0.756. The number of carbonyl (C=O) groups is 3. The topological polar surface area (TPSA) is 165 Å². The van der Waals surface area contributed by atoms with Gasteiger partial charge in [-0.1, -0.05) is 47.6 Å². The number of allylic oxidation sites excluding steroid dienone is 4. The van der Waals surface area contributed by atoms with E-state index >= 15 is 0 Å². The maximum atomic E-state index is 12.1. The van der Waals surface area contributed by atoms with Gasteiger partial charge in [0.2, 0.25) is 11.8 Å². The molecule has 2 N–H and O–H groups in total. The van der Waals surface area contributed by atoms with Gasteiger partial charge in [-0.25, -0.2) is 0 Å². The van der Waals surface area contributed by atoms with Crippen molar-refractivity contribution in [3.05, 3.63) is 47.6 Å². The minimum Gasteiger partial charge on any atom is -0.463 e. The molecule has 0 aromatic heterocycles. The summed E-state index contributed by atoms with van der Waals surface area (Å²) in [7, 11) is 0. The number of epoxide rings is 2. The number of hydrogen-bond donors (Lipinski definition) is 2. The van der Waals surface area contributed by atoms with Gasteiger partial charge in [-0.3, -0.25) is 14.4 Å². The van der Waals surface area contributed by atoms with Crippen LogP contribution in [0.2, 0.25) is 0 Å². The zero-order chi connectivity index (χ0) is 42.8. The first-order chi connectivity index (χ1) is 27.8. The van der Waals surface area contributed by atoms with E-state index in [9.17, 15) is 14.4 Å². The lowest BCUT2D eigenvalue weighted by molar-refractivity contribution is -0.188. The lowest BCUT2D eigenvalue weighted by atomic mass is 9.85. The Morgan fingerprint density at radius 2 is 1.12 bits per heavy atom. The molecule has 5 atom stereocenters. The molecule has 6 saturated heterocycles. The standard InChI is InChI=1S/C25H39NO7.C20H31NO5/c1-17(6-9-21-12-25(16-31-25)15-24(4,5)33-21)7-11-23-29-13-20(14-30-23)26-22(28)10-8-18(2)32-19(3)27;1-14(6-8-18-23-10-16(11-24-18)21-15(2)22)5-7-17-9-20(13-25-20)12-19(3,4)26-17/h6-7,9,18,20-21,23H,8,10-16H2,1-5H3,(H,26,28);5-7,16-18H,8-13H2,1-4H3,(H,21,22)/b9-6+,17-7+;7-5+,14-6+/t18-,20?,21+,23?,25+;16?,17-,18?,20-/m01/s1. The van der Waals surface area contributed by atoms with E-state index in [1.54, 1.807) is 6.92 Å². The first kappa shape index (κ1) is 47.1. The van der Waals surface area contributed by atoms with Crippen molar-refractivity contribution in [1.82, 2.24) is 10.6 Å². The summed E-state index contributed by atoms with van der Waals surface area (Å²) in [6.07, 6.45) is 17.8. The average Bonchev–Trinajstić information content (AvgIpc) is 4.08. The van der Waals surface area contributed by atoms with Crippen molar-refractivity contribution in [3.8, 4) is 0 Å². The van der Waals surface area contributed by atoms with Crippen LogP contribution < -0.4 is 10.6 Å². The van der Waals surface area contributed by atoms with Crippen molar-refractivity contribution >= 4 is 17.8 Å². The molecule has 14 heteroatoms. The van der Waals surface area contributed by atoms with Gasteiger partial charge in [-0.15, -0.1) is 0 Å². The van der Waals surface area contributed by atoms with Gasteiger partial charge >= 0.3 is 5.97 Å². The number of ether oxygens (including phenoxy) is 9. The number of hydrogen-bond acceptors (Lipinski definition) is 12. The fourth-order valence-electron chi connectivity index (χ4n) is 8.28. The predicted molar refractivity (Wildman–Crippen MR) is 220 cm³/mol. The van der Waals surface area contributed by atoms with Crippen molar-refractivity contribution in [2.75, 3.05) is 39.6 Å². The molecule has 6 fully saturated rings. The van der Waals surface area contributed by atoms with Crippen LogP contribution in [0.15, 0.2) is 47.6 Å². The molecular formula is C45H70N2O12. The number of carbonyl (C=O) groups excluding carboxylic acids is 3. The van der Waals surface area contributed by atoms with Crippen LogP contribution in [0, 0.1) is 0 Å². The first-order valence-corrected chi connectivity index (χ1v) is 21.3. The largest absolute Gasteiger partial charge is 0.463 e. The highest BCUT2D eigenvalue weighted by Gasteiger charge is 2.54. The lowest BCUT2D eigenvalue weighted by Crippen LogP contribution is -2.47. The molecular weight excluding hydrogens is 760 g/mol. The first-order valence-electron chi connectivity index (χ1n) is 21.3. The zero-order valence-electron chi connectivity index (χ0n) is 36.8. The van der Waals surface area contributed by atoms with E-state index in [1.807, 2.05) is 0 Å². The second-order valence-corrected chi connectivity index (χ2v) is 18.4. The molecule has 14 nitrogen and oxygen atoms in total. The van der Waals surface area contributed by atoms with Gasteiger partial charge in [0.15, 0.2) is 12.6 Å². The quantitative estimate of drug-likeness (QED) is 0.125. The SMILES string of the molecule is CC(=O)NC1COC(C/C=C(C)/C=C/[C@@H]2C[C@]3(CO3)CC(C)(C)O2)OC1.CC(=O)O[C@@H](C)CCC(=O)NC1COC(C/C=C(C)/C=C/[C@@H]2C[C@]3(CO3)CC(C)(C)O2)OC1. The molecule has 6 rings (SSSR count). The summed E-state index contributed by atoms with van der Waals surface area (Å²) in [6.45, 7) is 20.7. The summed E-state index contributed by atoms with van der Waals surface area (Å²) in [5.41, 5.74) is 2.02. The Bertz CT molecular complexity index is 1530. The number of rotatable bonds is 14. The smallest absolute Gasteiger partial charge is 0.302 e. The van der Waals surface area contributed by atoms with Crippen LogP contribution in [0.4, 0.5) is 0 Å². The van der Waals surface area contributed by atoms with Crippen LogP contribution >= 0.6 is 0 Å². The Morgan fingerprint density at radius 1 is 0.695 bits per heavy atom. The maximum absolute atomic E-state index is 12.1. The van der Waals surface area contributed by atoms with Crippen LogP contribution in [-0.4, -0.2) is 123 Å². The average molecular weight is 831 g/mol. The molecule has 0 bridgehead atoms. The molecule has 6 heterocycles. The van der Waals surface area contributed by atoms with Crippen molar-refractivity contribution in [2.24, 2.45) is 0 Å². The molecule has 0 unspecified atom stereocenters. The van der Waals surface area contributed by atoms with E-state index in [-0.39, 0.29) is 89.6 Å². The lowest BCUT2D eigenvalue weighted by Gasteiger charge is -2.38. The minimum atomic E-state index is -0.338. The number of nitrogens with one attached hydrogen (secondary N) is 2. The van der Waals surface area contributed by atoms with E-state index < -0.39 is 0 Å². The highest BCUT2D eigenvalue weighted by molar-refractivity contribution is 5.76. The molecule has 0 radical (unpaired) electrons. The Kier molecular flexibility index (Phi) is 16.6. The van der Waals surface area contributed by atoms with Gasteiger partial charge in [-0.2, -0.15) is 0 Å². The molecule has 59 heavy (non-hydrogen) atoms. The summed E-state index contributed by atoms with van der Waals surface area (Å²) in [4.78, 5) is 34.1. The van der Waals surface area contributed by atoms with Crippen LogP contribution in [0.1, 0.15) is 114 Å². The molecule has 6 aliphatic heterocycles. The van der Waals surface area contributed by atoms with Gasteiger partial charge in [-0.05, 0) is 54.9 Å². The summed E-state index contributed by atoms with van der Waals surface area (Å²) < 4.78 is 51.6. The monoisotopic (exact) mass is 830 g/mol. The van der Waals surface area contributed by atoms with Gasteiger partial charge in [0.25, 0.3) is 0 Å². The van der Waals surface area contributed by atoms with Crippen molar-refractivity contribution < 1.29 is 57.0 Å². The third-order valence-corrected chi connectivity index (χ3v) is 11.0. The molecule has 332 valence electrons. The number of amides is 2. The Labute approximate surface area is 351 Å². The van der Waals surface area contributed by atoms with Crippen LogP contribution in [0.5, 0.6) is 0 Å². The summed E-state index contributed by atoms with van der Waals surface area (Å²) in [6, 6.07) is -0.232. The number of esters is 1. The third kappa shape index (κ3) is 16.8. The minimum absolute atomic E-state index is 0.0185. The molecule has 0 aromatic carbocycles. The molecule has 0 saturated carbocycles. The van der Waals surface area contributed by atoms with E-state index in [4.69, 9.17) is 42.6 Å². The van der Waals surface area contributed by atoms with Crippen LogP contribution in [0.25, 0.3) is 0 Å². The predicted octanol–water partition coefficient (Wildman–Crippen LogP) is 5.68. The highest BCUT2D eigenvalue weighted by atomic mass is 16.7. The molecule has 0 aromatic rings. The molecule has 2 amide bonds. The Balaban J connectivity index is 0.000000230. The Hall–Kier alpha value is -2.95. The molecule has 2 spiro atoms. The summed E-state index contributed by atoms with van der Waals surface area (Å²) >= 11 is 0. The van der Waals surface area contributed by atoms with Gasteiger partial charge in [0.05, 0.1) is 92.4 Å². The molecule has 6 aliphatic rings. The maximum Gasteiger partial charge on any atom is 0.302 e. The fourth-order valence-corrected chi connectivity index (χ4v) is 8.28. The van der Waals surface area contributed by atoms with Gasteiger partial charge in [0.1, 0.15) is 0 Å². The van der Waals surface area contributed by atoms with Gasteiger partial charge < -0.3 is 53.3 Å². The molecule has 0 aliphatic carbocycles. The van der Waals surface area contributed by atoms with Gasteiger partial charge in [0, 0.05) is 58.8 Å². The van der Waals surface area contributed by atoms with Crippen LogP contribution in [-0.2, 0) is 57.0 Å². The Morgan fingerprint density at radius 3 is 1.51 bits per heavy atom. The van der Waals surface area contributed by atoms with Crippen molar-refractivity contribution in [2.45, 2.75) is 179 Å². The van der Waals surface area contributed by atoms with E-state index in [1.165, 1.54) is 13.8 Å².